The average Bonchev–Trinajstić information content (AvgIpc) is 3.33. The molecule has 0 radical (unpaired) electrons. The molecule has 2 saturated heterocycles. The number of ether oxygens (including phenoxy) is 2. The van der Waals surface area contributed by atoms with Gasteiger partial charge in [-0.1, -0.05) is 24.3 Å². The molecule has 2 aliphatic rings. The molecule has 0 spiro atoms. The highest BCUT2D eigenvalue weighted by molar-refractivity contribution is 5.79. The molecule has 2 aliphatic heterocycles. The maximum absolute atomic E-state index is 6.15. The Kier molecular flexibility index (Phi) is 7.96. The zero-order valence-corrected chi connectivity index (χ0v) is 18.6. The molecular formula is C24H35N5O2. The third-order valence-corrected chi connectivity index (χ3v) is 6.11. The first-order valence-corrected chi connectivity index (χ1v) is 11.5. The number of guanidine groups is 1. The molecule has 1 atom stereocenters. The Hall–Kier alpha value is -2.38. The SMILES string of the molecule is CN=C(NCc1cccc(Cn2ccnc2)c1)N1CCC(OCC2CCCCO2)CC1. The van der Waals surface area contributed by atoms with Gasteiger partial charge < -0.3 is 24.3 Å². The van der Waals surface area contributed by atoms with E-state index in [0.717, 1.165) is 64.6 Å². The van der Waals surface area contributed by atoms with Gasteiger partial charge in [0, 0.05) is 52.2 Å². The highest BCUT2D eigenvalue weighted by Crippen LogP contribution is 2.18. The summed E-state index contributed by atoms with van der Waals surface area (Å²) in [6, 6.07) is 8.67. The van der Waals surface area contributed by atoms with Gasteiger partial charge in [0.2, 0.25) is 0 Å². The van der Waals surface area contributed by atoms with Crippen LogP contribution in [0.15, 0.2) is 48.0 Å². The van der Waals surface area contributed by atoms with Crippen molar-refractivity contribution < 1.29 is 9.47 Å². The molecule has 0 amide bonds. The summed E-state index contributed by atoms with van der Waals surface area (Å²) in [5.74, 6) is 0.967. The van der Waals surface area contributed by atoms with Crippen LogP contribution in [0.3, 0.4) is 0 Å². The van der Waals surface area contributed by atoms with Gasteiger partial charge in [0.25, 0.3) is 0 Å². The van der Waals surface area contributed by atoms with Gasteiger partial charge in [-0.15, -0.1) is 0 Å². The standard InChI is InChI=1S/C24H35N5O2/c1-25-24(27-16-20-5-4-6-21(15-20)17-28-13-10-26-19-28)29-11-8-22(9-12-29)31-18-23-7-2-3-14-30-23/h4-6,10,13,15,19,22-23H,2-3,7-9,11-12,14,16-18H2,1H3,(H,25,27). The summed E-state index contributed by atoms with van der Waals surface area (Å²) in [6.07, 6.45) is 11.9. The topological polar surface area (TPSA) is 63.9 Å². The lowest BCUT2D eigenvalue weighted by molar-refractivity contribution is -0.0721. The first-order chi connectivity index (χ1) is 15.3. The third kappa shape index (κ3) is 6.55. The number of hydrogen-bond acceptors (Lipinski definition) is 4. The molecule has 3 heterocycles. The van der Waals surface area contributed by atoms with Crippen LogP contribution in [0.5, 0.6) is 0 Å². The lowest BCUT2D eigenvalue weighted by Gasteiger charge is -2.35. The van der Waals surface area contributed by atoms with E-state index in [0.29, 0.717) is 12.2 Å². The predicted octanol–water partition coefficient (Wildman–Crippen LogP) is 3.06. The zero-order chi connectivity index (χ0) is 21.3. The Morgan fingerprint density at radius 3 is 2.84 bits per heavy atom. The normalized spacial score (nSPS) is 20.7. The predicted molar refractivity (Wildman–Crippen MR) is 122 cm³/mol. The number of nitrogens with zero attached hydrogens (tertiary/aromatic N) is 4. The molecular weight excluding hydrogens is 390 g/mol. The van der Waals surface area contributed by atoms with Crippen molar-refractivity contribution in [2.24, 2.45) is 4.99 Å². The van der Waals surface area contributed by atoms with E-state index in [2.05, 4.69) is 49.0 Å². The lowest BCUT2D eigenvalue weighted by atomic mass is 10.1. The first kappa shape index (κ1) is 21.8. The average molecular weight is 426 g/mol. The number of benzene rings is 1. The summed E-state index contributed by atoms with van der Waals surface area (Å²) < 4.78 is 14.0. The van der Waals surface area contributed by atoms with E-state index < -0.39 is 0 Å². The summed E-state index contributed by atoms with van der Waals surface area (Å²) in [7, 11) is 1.86. The summed E-state index contributed by atoms with van der Waals surface area (Å²) in [4.78, 5) is 11.0. The molecule has 2 aromatic rings. The minimum atomic E-state index is 0.297. The molecule has 1 unspecified atom stereocenters. The maximum atomic E-state index is 6.15. The second-order valence-electron chi connectivity index (χ2n) is 8.46. The summed E-state index contributed by atoms with van der Waals surface area (Å²) in [5, 5.41) is 3.54. The van der Waals surface area contributed by atoms with Crippen LogP contribution in [-0.2, 0) is 22.6 Å². The Labute approximate surface area is 185 Å². The van der Waals surface area contributed by atoms with Crippen LogP contribution >= 0.6 is 0 Å². The Morgan fingerprint density at radius 1 is 1.23 bits per heavy atom. The molecule has 0 saturated carbocycles. The number of aromatic nitrogens is 2. The van der Waals surface area contributed by atoms with Gasteiger partial charge in [-0.05, 0) is 43.2 Å². The molecule has 0 bridgehead atoms. The monoisotopic (exact) mass is 425 g/mol. The van der Waals surface area contributed by atoms with Gasteiger partial charge in [0.05, 0.1) is 25.1 Å². The molecule has 0 aliphatic carbocycles. The fourth-order valence-corrected chi connectivity index (χ4v) is 4.36. The summed E-state index contributed by atoms with van der Waals surface area (Å²) >= 11 is 0. The Balaban J connectivity index is 1.21. The van der Waals surface area contributed by atoms with Crippen LogP contribution in [0.2, 0.25) is 0 Å². The Bertz CT molecular complexity index is 809. The van der Waals surface area contributed by atoms with E-state index >= 15 is 0 Å². The minimum Gasteiger partial charge on any atom is -0.376 e. The van der Waals surface area contributed by atoms with E-state index in [1.165, 1.54) is 24.0 Å². The van der Waals surface area contributed by atoms with Gasteiger partial charge in [-0.3, -0.25) is 4.99 Å². The number of likely N-dealkylation sites (tertiary alicyclic amines) is 1. The molecule has 2 fully saturated rings. The molecule has 1 aromatic carbocycles. The zero-order valence-electron chi connectivity index (χ0n) is 18.6. The van der Waals surface area contributed by atoms with Gasteiger partial charge in [-0.25, -0.2) is 4.98 Å². The molecule has 1 N–H and O–H groups in total. The minimum absolute atomic E-state index is 0.297. The van der Waals surface area contributed by atoms with Gasteiger partial charge in [-0.2, -0.15) is 0 Å². The first-order valence-electron chi connectivity index (χ1n) is 11.5. The highest BCUT2D eigenvalue weighted by atomic mass is 16.5. The molecule has 1 aromatic heterocycles. The van der Waals surface area contributed by atoms with E-state index in [1.54, 1.807) is 0 Å². The smallest absolute Gasteiger partial charge is 0.193 e. The van der Waals surface area contributed by atoms with Crippen molar-refractivity contribution in [1.82, 2.24) is 19.8 Å². The van der Waals surface area contributed by atoms with Crippen LogP contribution in [0.1, 0.15) is 43.2 Å². The van der Waals surface area contributed by atoms with Crippen LogP contribution in [0.25, 0.3) is 0 Å². The second-order valence-corrected chi connectivity index (χ2v) is 8.46. The molecule has 168 valence electrons. The maximum Gasteiger partial charge on any atom is 0.193 e. The van der Waals surface area contributed by atoms with E-state index in [1.807, 2.05) is 25.8 Å². The van der Waals surface area contributed by atoms with Crippen molar-refractivity contribution in [3.8, 4) is 0 Å². The van der Waals surface area contributed by atoms with Crippen molar-refractivity contribution in [3.63, 3.8) is 0 Å². The van der Waals surface area contributed by atoms with Crippen molar-refractivity contribution in [3.05, 3.63) is 54.1 Å². The molecule has 7 heteroatoms. The number of nitrogens with one attached hydrogen (secondary N) is 1. The second kappa shape index (κ2) is 11.3. The number of rotatable bonds is 7. The quantitative estimate of drug-likeness (QED) is 0.546. The van der Waals surface area contributed by atoms with E-state index in [4.69, 9.17) is 9.47 Å². The molecule has 7 nitrogen and oxygen atoms in total. The fraction of sp³-hybridized carbons (Fsp3) is 0.583. The van der Waals surface area contributed by atoms with Crippen LogP contribution in [0, 0.1) is 0 Å². The molecule has 4 rings (SSSR count). The summed E-state index contributed by atoms with van der Waals surface area (Å²) in [5.41, 5.74) is 2.52. The lowest BCUT2D eigenvalue weighted by Crippen LogP contribution is -2.47. The number of piperidine rings is 1. The number of aliphatic imine (C=N–C) groups is 1. The number of hydrogen-bond donors (Lipinski definition) is 1. The molecule has 31 heavy (non-hydrogen) atoms. The largest absolute Gasteiger partial charge is 0.376 e. The highest BCUT2D eigenvalue weighted by Gasteiger charge is 2.23. The fourth-order valence-electron chi connectivity index (χ4n) is 4.36. The van der Waals surface area contributed by atoms with Crippen LogP contribution < -0.4 is 5.32 Å². The van der Waals surface area contributed by atoms with Crippen molar-refractivity contribution in [2.45, 2.75) is 57.4 Å². The van der Waals surface area contributed by atoms with E-state index in [9.17, 15) is 0 Å². The number of imidazole rings is 1. The van der Waals surface area contributed by atoms with Crippen molar-refractivity contribution >= 4 is 5.96 Å². The van der Waals surface area contributed by atoms with Gasteiger partial charge in [0.1, 0.15) is 0 Å². The third-order valence-electron chi connectivity index (χ3n) is 6.11. The van der Waals surface area contributed by atoms with E-state index in [-0.39, 0.29) is 0 Å². The van der Waals surface area contributed by atoms with Crippen molar-refractivity contribution in [2.75, 3.05) is 33.4 Å². The Morgan fingerprint density at radius 2 is 2.10 bits per heavy atom. The van der Waals surface area contributed by atoms with Gasteiger partial charge >= 0.3 is 0 Å². The van der Waals surface area contributed by atoms with Gasteiger partial charge in [0.15, 0.2) is 5.96 Å². The van der Waals surface area contributed by atoms with Crippen LogP contribution in [-0.4, -0.2) is 66.0 Å². The summed E-state index contributed by atoms with van der Waals surface area (Å²) in [6.45, 7) is 5.17. The van der Waals surface area contributed by atoms with Crippen molar-refractivity contribution in [1.29, 1.82) is 0 Å². The van der Waals surface area contributed by atoms with Crippen LogP contribution in [0.4, 0.5) is 0 Å².